The third-order valence-corrected chi connectivity index (χ3v) is 2.19. The number of nitriles is 1. The Kier molecular flexibility index (Phi) is 2.11. The van der Waals surface area contributed by atoms with E-state index in [2.05, 4.69) is 16.0 Å². The van der Waals surface area contributed by atoms with Crippen molar-refractivity contribution in [2.75, 3.05) is 0 Å². The van der Waals surface area contributed by atoms with Gasteiger partial charge in [0, 0.05) is 12.4 Å². The molecule has 0 bridgehead atoms. The van der Waals surface area contributed by atoms with Crippen LogP contribution in [0.2, 0.25) is 0 Å². The number of nitrogens with zero attached hydrogens (tertiary/aromatic N) is 3. The summed E-state index contributed by atoms with van der Waals surface area (Å²) < 4.78 is 0. The zero-order valence-electron chi connectivity index (χ0n) is 7.81. The first-order chi connectivity index (χ1) is 6.81. The van der Waals surface area contributed by atoms with Crippen molar-refractivity contribution in [2.45, 2.75) is 12.8 Å². The molecule has 1 atom stereocenters. The SMILES string of the molecule is CC(C#N)c1ccc2nccnc2c1. The van der Waals surface area contributed by atoms with Crippen molar-refractivity contribution in [2.24, 2.45) is 0 Å². The van der Waals surface area contributed by atoms with Crippen molar-refractivity contribution in [3.05, 3.63) is 36.2 Å². The summed E-state index contributed by atoms with van der Waals surface area (Å²) in [5.74, 6) is -0.0959. The molecule has 1 heterocycles. The normalized spacial score (nSPS) is 12.3. The third-order valence-electron chi connectivity index (χ3n) is 2.19. The van der Waals surface area contributed by atoms with Crippen molar-refractivity contribution in [1.29, 1.82) is 5.26 Å². The van der Waals surface area contributed by atoms with E-state index >= 15 is 0 Å². The zero-order valence-corrected chi connectivity index (χ0v) is 7.81. The first-order valence-corrected chi connectivity index (χ1v) is 4.41. The second-order valence-corrected chi connectivity index (χ2v) is 3.16. The number of fused-ring (bicyclic) bond motifs is 1. The summed E-state index contributed by atoms with van der Waals surface area (Å²) >= 11 is 0. The van der Waals surface area contributed by atoms with E-state index in [0.29, 0.717) is 0 Å². The Morgan fingerprint density at radius 1 is 1.21 bits per heavy atom. The highest BCUT2D eigenvalue weighted by atomic mass is 14.8. The molecule has 68 valence electrons. The molecule has 1 aromatic heterocycles. The number of hydrogen-bond donors (Lipinski definition) is 0. The number of benzene rings is 1. The average molecular weight is 183 g/mol. The largest absolute Gasteiger partial charge is 0.253 e. The standard InChI is InChI=1S/C11H9N3/c1-8(7-12)9-2-3-10-11(6-9)14-5-4-13-10/h2-6,8H,1H3. The van der Waals surface area contributed by atoms with Crippen LogP contribution in [0.1, 0.15) is 18.4 Å². The van der Waals surface area contributed by atoms with Gasteiger partial charge in [0.25, 0.3) is 0 Å². The Labute approximate surface area is 82.0 Å². The van der Waals surface area contributed by atoms with Gasteiger partial charge in [-0.05, 0) is 24.6 Å². The predicted molar refractivity (Wildman–Crippen MR) is 53.6 cm³/mol. The molecule has 0 spiro atoms. The van der Waals surface area contributed by atoms with Gasteiger partial charge in [-0.2, -0.15) is 5.26 Å². The molecule has 3 heteroatoms. The molecule has 0 N–H and O–H groups in total. The van der Waals surface area contributed by atoms with Gasteiger partial charge in [0.05, 0.1) is 23.0 Å². The summed E-state index contributed by atoms with van der Waals surface area (Å²) in [5, 5.41) is 8.77. The highest BCUT2D eigenvalue weighted by Crippen LogP contribution is 2.18. The van der Waals surface area contributed by atoms with Gasteiger partial charge in [0.15, 0.2) is 0 Å². The van der Waals surface area contributed by atoms with Gasteiger partial charge < -0.3 is 0 Å². The Balaban J connectivity index is 2.58. The van der Waals surface area contributed by atoms with Crippen LogP contribution >= 0.6 is 0 Å². The highest BCUT2D eigenvalue weighted by molar-refractivity contribution is 5.74. The molecule has 0 radical (unpaired) electrons. The van der Waals surface area contributed by atoms with E-state index in [1.54, 1.807) is 12.4 Å². The minimum Gasteiger partial charge on any atom is -0.253 e. The molecule has 1 unspecified atom stereocenters. The lowest BCUT2D eigenvalue weighted by Crippen LogP contribution is -1.90. The molecule has 14 heavy (non-hydrogen) atoms. The molecule has 0 aliphatic heterocycles. The minimum atomic E-state index is -0.0959. The van der Waals surface area contributed by atoms with Gasteiger partial charge in [0.2, 0.25) is 0 Å². The molecular weight excluding hydrogens is 174 g/mol. The van der Waals surface area contributed by atoms with Gasteiger partial charge >= 0.3 is 0 Å². The fourth-order valence-corrected chi connectivity index (χ4v) is 1.32. The van der Waals surface area contributed by atoms with Crippen LogP contribution in [-0.4, -0.2) is 9.97 Å². The lowest BCUT2D eigenvalue weighted by Gasteiger charge is -2.03. The maximum Gasteiger partial charge on any atom is 0.0889 e. The van der Waals surface area contributed by atoms with Crippen LogP contribution < -0.4 is 0 Å². The van der Waals surface area contributed by atoms with Crippen LogP contribution in [0.3, 0.4) is 0 Å². The molecule has 1 aromatic carbocycles. The van der Waals surface area contributed by atoms with E-state index in [0.717, 1.165) is 16.6 Å². The van der Waals surface area contributed by atoms with E-state index in [1.165, 1.54) is 0 Å². The predicted octanol–water partition coefficient (Wildman–Crippen LogP) is 2.26. The third kappa shape index (κ3) is 1.42. The van der Waals surface area contributed by atoms with Gasteiger partial charge in [0.1, 0.15) is 0 Å². The molecule has 0 aliphatic carbocycles. The minimum absolute atomic E-state index is 0.0959. The summed E-state index contributed by atoms with van der Waals surface area (Å²) in [6.45, 7) is 1.87. The van der Waals surface area contributed by atoms with Crippen molar-refractivity contribution in [1.82, 2.24) is 9.97 Å². The Bertz CT molecular complexity index is 499. The zero-order chi connectivity index (χ0) is 9.97. The van der Waals surface area contributed by atoms with Gasteiger partial charge in [-0.3, -0.25) is 9.97 Å². The molecular formula is C11H9N3. The van der Waals surface area contributed by atoms with Crippen LogP contribution in [0, 0.1) is 11.3 Å². The highest BCUT2D eigenvalue weighted by Gasteiger charge is 2.04. The number of hydrogen-bond acceptors (Lipinski definition) is 3. The Hall–Kier alpha value is -1.95. The number of rotatable bonds is 1. The quantitative estimate of drug-likeness (QED) is 0.681. The molecule has 2 aromatic rings. The van der Waals surface area contributed by atoms with Crippen molar-refractivity contribution in [3.63, 3.8) is 0 Å². The lowest BCUT2D eigenvalue weighted by molar-refractivity contribution is 0.983. The molecule has 0 saturated heterocycles. The van der Waals surface area contributed by atoms with E-state index in [9.17, 15) is 0 Å². The summed E-state index contributed by atoms with van der Waals surface area (Å²) in [6, 6.07) is 7.93. The summed E-state index contributed by atoms with van der Waals surface area (Å²) in [5.41, 5.74) is 2.69. The van der Waals surface area contributed by atoms with Crippen molar-refractivity contribution < 1.29 is 0 Å². The maximum atomic E-state index is 8.77. The van der Waals surface area contributed by atoms with E-state index < -0.39 is 0 Å². The van der Waals surface area contributed by atoms with Gasteiger partial charge in [-0.15, -0.1) is 0 Å². The van der Waals surface area contributed by atoms with E-state index in [1.807, 2.05) is 25.1 Å². The first kappa shape index (κ1) is 8.64. The topological polar surface area (TPSA) is 49.6 Å². The van der Waals surface area contributed by atoms with Crippen molar-refractivity contribution >= 4 is 11.0 Å². The van der Waals surface area contributed by atoms with Crippen LogP contribution in [0.15, 0.2) is 30.6 Å². The smallest absolute Gasteiger partial charge is 0.0889 e. The van der Waals surface area contributed by atoms with Crippen LogP contribution in [0.5, 0.6) is 0 Å². The molecule has 0 aliphatic rings. The van der Waals surface area contributed by atoms with E-state index in [-0.39, 0.29) is 5.92 Å². The van der Waals surface area contributed by atoms with Crippen LogP contribution in [0.4, 0.5) is 0 Å². The fraction of sp³-hybridized carbons (Fsp3) is 0.182. The average Bonchev–Trinajstić information content (AvgIpc) is 2.27. The molecule has 0 saturated carbocycles. The van der Waals surface area contributed by atoms with Crippen LogP contribution in [0.25, 0.3) is 11.0 Å². The summed E-state index contributed by atoms with van der Waals surface area (Å²) in [6.07, 6.45) is 3.32. The Morgan fingerprint density at radius 3 is 2.64 bits per heavy atom. The molecule has 3 nitrogen and oxygen atoms in total. The lowest BCUT2D eigenvalue weighted by atomic mass is 10.0. The van der Waals surface area contributed by atoms with Crippen molar-refractivity contribution in [3.8, 4) is 6.07 Å². The molecule has 0 amide bonds. The van der Waals surface area contributed by atoms with Gasteiger partial charge in [-0.25, -0.2) is 0 Å². The second kappa shape index (κ2) is 3.43. The Morgan fingerprint density at radius 2 is 1.93 bits per heavy atom. The second-order valence-electron chi connectivity index (χ2n) is 3.16. The monoisotopic (exact) mass is 183 g/mol. The number of aromatic nitrogens is 2. The first-order valence-electron chi connectivity index (χ1n) is 4.41. The maximum absolute atomic E-state index is 8.77. The molecule has 2 rings (SSSR count). The van der Waals surface area contributed by atoms with Gasteiger partial charge in [-0.1, -0.05) is 6.07 Å². The summed E-state index contributed by atoms with van der Waals surface area (Å²) in [4.78, 5) is 8.35. The summed E-state index contributed by atoms with van der Waals surface area (Å²) in [7, 11) is 0. The van der Waals surface area contributed by atoms with Crippen LogP contribution in [-0.2, 0) is 0 Å². The van der Waals surface area contributed by atoms with E-state index in [4.69, 9.17) is 5.26 Å². The fourth-order valence-electron chi connectivity index (χ4n) is 1.32. The molecule has 0 fully saturated rings.